The highest BCUT2D eigenvalue weighted by Gasteiger charge is 2.01. The van der Waals surface area contributed by atoms with Gasteiger partial charge in [-0.25, -0.2) is 0 Å². The SMILES string of the molecule is Cc1sccc1-c1ccc(N)cc1. The van der Waals surface area contributed by atoms with E-state index in [1.807, 2.05) is 12.1 Å². The van der Waals surface area contributed by atoms with Crippen LogP contribution in [0.4, 0.5) is 5.69 Å². The van der Waals surface area contributed by atoms with Gasteiger partial charge in [-0.3, -0.25) is 0 Å². The number of rotatable bonds is 1. The highest BCUT2D eigenvalue weighted by Crippen LogP contribution is 2.27. The number of aryl methyl sites for hydroxylation is 1. The predicted molar refractivity (Wildman–Crippen MR) is 58.9 cm³/mol. The van der Waals surface area contributed by atoms with Crippen LogP contribution < -0.4 is 5.73 Å². The molecule has 1 nitrogen and oxygen atoms in total. The summed E-state index contributed by atoms with van der Waals surface area (Å²) >= 11 is 1.77. The van der Waals surface area contributed by atoms with Gasteiger partial charge in [0.05, 0.1) is 0 Å². The quantitative estimate of drug-likeness (QED) is 0.684. The monoisotopic (exact) mass is 189 g/mol. The molecule has 0 saturated heterocycles. The van der Waals surface area contributed by atoms with Crippen LogP contribution in [0.25, 0.3) is 11.1 Å². The smallest absolute Gasteiger partial charge is 0.0314 e. The Morgan fingerprint density at radius 2 is 1.77 bits per heavy atom. The second kappa shape index (κ2) is 3.23. The molecular formula is C11H11NS. The molecule has 0 aliphatic carbocycles. The molecule has 0 aliphatic rings. The third kappa shape index (κ3) is 1.58. The Hall–Kier alpha value is -1.28. The van der Waals surface area contributed by atoms with E-state index in [2.05, 4.69) is 30.5 Å². The average Bonchev–Trinajstić information content (AvgIpc) is 2.53. The fourth-order valence-corrected chi connectivity index (χ4v) is 2.07. The number of nitrogen functional groups attached to an aromatic ring is 1. The van der Waals surface area contributed by atoms with Crippen LogP contribution in [0.2, 0.25) is 0 Å². The molecule has 66 valence electrons. The zero-order chi connectivity index (χ0) is 9.26. The number of hydrogen-bond acceptors (Lipinski definition) is 2. The molecule has 0 amide bonds. The standard InChI is InChI=1S/C11H11NS/c1-8-11(6-7-13-8)9-2-4-10(12)5-3-9/h2-7H,12H2,1H3. The first kappa shape index (κ1) is 8.32. The summed E-state index contributed by atoms with van der Waals surface area (Å²) < 4.78 is 0. The Kier molecular flexibility index (Phi) is 2.07. The van der Waals surface area contributed by atoms with Crippen molar-refractivity contribution >= 4 is 17.0 Å². The lowest BCUT2D eigenvalue weighted by molar-refractivity contribution is 1.58. The van der Waals surface area contributed by atoms with Crippen molar-refractivity contribution < 1.29 is 0 Å². The summed E-state index contributed by atoms with van der Waals surface area (Å²) in [5.41, 5.74) is 8.99. The Labute approximate surface area is 81.8 Å². The predicted octanol–water partition coefficient (Wildman–Crippen LogP) is 3.31. The van der Waals surface area contributed by atoms with Crippen LogP contribution in [-0.4, -0.2) is 0 Å². The molecule has 1 heterocycles. The van der Waals surface area contributed by atoms with E-state index in [1.165, 1.54) is 16.0 Å². The molecule has 2 heteroatoms. The van der Waals surface area contributed by atoms with Crippen molar-refractivity contribution in [2.45, 2.75) is 6.92 Å². The van der Waals surface area contributed by atoms with Crippen LogP contribution in [-0.2, 0) is 0 Å². The van der Waals surface area contributed by atoms with Crippen molar-refractivity contribution in [3.8, 4) is 11.1 Å². The van der Waals surface area contributed by atoms with Gasteiger partial charge < -0.3 is 5.73 Å². The van der Waals surface area contributed by atoms with Crippen LogP contribution in [0, 0.1) is 6.92 Å². The zero-order valence-electron chi connectivity index (χ0n) is 7.45. The summed E-state index contributed by atoms with van der Waals surface area (Å²) in [4.78, 5) is 1.35. The van der Waals surface area contributed by atoms with Gasteiger partial charge in [-0.15, -0.1) is 11.3 Å². The van der Waals surface area contributed by atoms with Gasteiger partial charge in [0.25, 0.3) is 0 Å². The van der Waals surface area contributed by atoms with Crippen LogP contribution in [0.1, 0.15) is 4.88 Å². The van der Waals surface area contributed by atoms with E-state index >= 15 is 0 Å². The molecular weight excluding hydrogens is 178 g/mol. The third-order valence-electron chi connectivity index (χ3n) is 2.08. The topological polar surface area (TPSA) is 26.0 Å². The van der Waals surface area contributed by atoms with Crippen molar-refractivity contribution in [1.82, 2.24) is 0 Å². The van der Waals surface area contributed by atoms with Crippen LogP contribution in [0.3, 0.4) is 0 Å². The fourth-order valence-electron chi connectivity index (χ4n) is 1.35. The summed E-state index contributed by atoms with van der Waals surface area (Å²) in [6.07, 6.45) is 0. The Balaban J connectivity index is 2.47. The second-order valence-electron chi connectivity index (χ2n) is 3.01. The van der Waals surface area contributed by atoms with E-state index in [4.69, 9.17) is 5.73 Å². The molecule has 0 fully saturated rings. The first-order chi connectivity index (χ1) is 6.27. The molecule has 0 aliphatic heterocycles. The number of thiophene rings is 1. The minimum Gasteiger partial charge on any atom is -0.399 e. The average molecular weight is 189 g/mol. The summed E-state index contributed by atoms with van der Waals surface area (Å²) in [6, 6.07) is 10.1. The first-order valence-corrected chi connectivity index (χ1v) is 5.05. The minimum atomic E-state index is 0.816. The van der Waals surface area contributed by atoms with Gasteiger partial charge in [0.15, 0.2) is 0 Å². The third-order valence-corrected chi connectivity index (χ3v) is 2.93. The van der Waals surface area contributed by atoms with Crippen molar-refractivity contribution in [1.29, 1.82) is 0 Å². The van der Waals surface area contributed by atoms with E-state index in [0.29, 0.717) is 0 Å². The lowest BCUT2D eigenvalue weighted by Crippen LogP contribution is -1.83. The Morgan fingerprint density at radius 3 is 2.31 bits per heavy atom. The first-order valence-electron chi connectivity index (χ1n) is 4.17. The van der Waals surface area contributed by atoms with E-state index in [9.17, 15) is 0 Å². The van der Waals surface area contributed by atoms with E-state index in [-0.39, 0.29) is 0 Å². The van der Waals surface area contributed by atoms with Crippen LogP contribution >= 0.6 is 11.3 Å². The molecule has 0 radical (unpaired) electrons. The van der Waals surface area contributed by atoms with Crippen molar-refractivity contribution in [3.63, 3.8) is 0 Å². The summed E-state index contributed by atoms with van der Waals surface area (Å²) in [5.74, 6) is 0. The normalized spacial score (nSPS) is 10.2. The molecule has 0 atom stereocenters. The highest BCUT2D eigenvalue weighted by atomic mass is 32.1. The van der Waals surface area contributed by atoms with Gasteiger partial charge in [0.2, 0.25) is 0 Å². The minimum absolute atomic E-state index is 0.816. The maximum absolute atomic E-state index is 5.62. The molecule has 2 aromatic rings. The van der Waals surface area contributed by atoms with Crippen LogP contribution in [0.15, 0.2) is 35.7 Å². The molecule has 1 aromatic heterocycles. The molecule has 0 bridgehead atoms. The summed E-state index contributed by atoms with van der Waals surface area (Å²) in [5, 5.41) is 2.11. The van der Waals surface area contributed by atoms with Gasteiger partial charge >= 0.3 is 0 Å². The summed E-state index contributed by atoms with van der Waals surface area (Å²) in [7, 11) is 0. The molecule has 2 N–H and O–H groups in total. The van der Waals surface area contributed by atoms with Gasteiger partial charge in [-0.05, 0) is 41.6 Å². The second-order valence-corrected chi connectivity index (χ2v) is 4.13. The number of hydrogen-bond donors (Lipinski definition) is 1. The van der Waals surface area contributed by atoms with Crippen molar-refractivity contribution in [2.75, 3.05) is 5.73 Å². The molecule has 2 rings (SSSR count). The van der Waals surface area contributed by atoms with Crippen LogP contribution in [0.5, 0.6) is 0 Å². The Bertz CT molecular complexity index is 400. The molecule has 0 spiro atoms. The van der Waals surface area contributed by atoms with E-state index < -0.39 is 0 Å². The molecule has 13 heavy (non-hydrogen) atoms. The molecule has 0 saturated carbocycles. The van der Waals surface area contributed by atoms with Crippen molar-refractivity contribution in [2.24, 2.45) is 0 Å². The lowest BCUT2D eigenvalue weighted by atomic mass is 10.1. The largest absolute Gasteiger partial charge is 0.399 e. The molecule has 1 aromatic carbocycles. The fraction of sp³-hybridized carbons (Fsp3) is 0.0909. The number of nitrogens with two attached hydrogens (primary N) is 1. The lowest BCUT2D eigenvalue weighted by Gasteiger charge is -2.00. The highest BCUT2D eigenvalue weighted by molar-refractivity contribution is 7.10. The Morgan fingerprint density at radius 1 is 1.08 bits per heavy atom. The molecule has 0 unspecified atom stereocenters. The van der Waals surface area contributed by atoms with Gasteiger partial charge in [0.1, 0.15) is 0 Å². The summed E-state index contributed by atoms with van der Waals surface area (Å²) in [6.45, 7) is 2.14. The zero-order valence-corrected chi connectivity index (χ0v) is 8.27. The van der Waals surface area contributed by atoms with E-state index in [0.717, 1.165) is 5.69 Å². The van der Waals surface area contributed by atoms with E-state index in [1.54, 1.807) is 11.3 Å². The number of anilines is 1. The van der Waals surface area contributed by atoms with Gasteiger partial charge in [0, 0.05) is 10.6 Å². The van der Waals surface area contributed by atoms with Gasteiger partial charge in [-0.1, -0.05) is 12.1 Å². The number of benzene rings is 1. The van der Waals surface area contributed by atoms with Gasteiger partial charge in [-0.2, -0.15) is 0 Å². The maximum Gasteiger partial charge on any atom is 0.0314 e. The van der Waals surface area contributed by atoms with Crippen molar-refractivity contribution in [3.05, 3.63) is 40.6 Å². The maximum atomic E-state index is 5.62.